The number of aryl methyl sites for hydroxylation is 1. The van der Waals surface area contributed by atoms with E-state index in [2.05, 4.69) is 16.4 Å². The topological polar surface area (TPSA) is 75.0 Å². The number of hydrogen-bond acceptors (Lipinski definition) is 5. The lowest BCUT2D eigenvalue weighted by molar-refractivity contribution is -0.119. The molecule has 6 heteroatoms. The van der Waals surface area contributed by atoms with Crippen molar-refractivity contribution in [2.24, 2.45) is 0 Å². The monoisotopic (exact) mass is 367 g/mol. The van der Waals surface area contributed by atoms with E-state index in [1.54, 1.807) is 0 Å². The van der Waals surface area contributed by atoms with Crippen LogP contribution in [0.5, 0.6) is 5.75 Å². The Balaban J connectivity index is 1.69. The first-order chi connectivity index (χ1) is 12.5. The molecule has 5 nitrogen and oxygen atoms in total. The summed E-state index contributed by atoms with van der Waals surface area (Å²) in [5.41, 5.74) is 4.41. The number of fused-ring (bicyclic) bond motifs is 1. The number of rotatable bonds is 4. The van der Waals surface area contributed by atoms with Gasteiger partial charge >= 0.3 is 0 Å². The Morgan fingerprint density at radius 1 is 1.35 bits per heavy atom. The Labute approximate surface area is 157 Å². The molecule has 1 N–H and O–H groups in total. The number of aromatic nitrogens is 1. The lowest BCUT2D eigenvalue weighted by Gasteiger charge is -2.26. The molecule has 0 saturated heterocycles. The van der Waals surface area contributed by atoms with Crippen LogP contribution in [0, 0.1) is 32.1 Å². The Morgan fingerprint density at radius 3 is 2.88 bits per heavy atom. The lowest BCUT2D eigenvalue weighted by Crippen LogP contribution is -2.33. The Kier molecular flexibility index (Phi) is 5.48. The molecule has 0 radical (unpaired) electrons. The fourth-order valence-corrected chi connectivity index (χ4v) is 3.91. The molecule has 2 aromatic rings. The first kappa shape index (κ1) is 18.3. The van der Waals surface area contributed by atoms with Gasteiger partial charge in [0.05, 0.1) is 24.0 Å². The largest absolute Gasteiger partial charge is 0.493 e. The molecule has 0 bridgehead atoms. The highest BCUT2D eigenvalue weighted by Gasteiger charge is 2.23. The Morgan fingerprint density at radius 2 is 2.12 bits per heavy atom. The van der Waals surface area contributed by atoms with Crippen LogP contribution < -0.4 is 10.1 Å². The van der Waals surface area contributed by atoms with Gasteiger partial charge in [0.25, 0.3) is 0 Å². The number of ether oxygens (including phenoxy) is 1. The van der Waals surface area contributed by atoms with E-state index in [9.17, 15) is 10.1 Å². The second-order valence-corrected chi connectivity index (χ2v) is 7.29. The quantitative estimate of drug-likeness (QED) is 0.836. The van der Waals surface area contributed by atoms with Crippen molar-refractivity contribution in [1.29, 1.82) is 5.26 Å². The Bertz CT molecular complexity index is 889. The predicted octanol–water partition coefficient (Wildman–Crippen LogP) is 3.61. The maximum atomic E-state index is 12.4. The normalized spacial score (nSPS) is 15.5. The lowest BCUT2D eigenvalue weighted by atomic mass is 10.0. The van der Waals surface area contributed by atoms with Crippen LogP contribution in [0.3, 0.4) is 0 Å². The van der Waals surface area contributed by atoms with Crippen molar-refractivity contribution in [2.75, 3.05) is 12.4 Å². The van der Waals surface area contributed by atoms with Crippen molar-refractivity contribution in [3.8, 4) is 11.8 Å². The first-order valence-electron chi connectivity index (χ1n) is 8.53. The maximum absolute atomic E-state index is 12.4. The molecule has 1 atom stereocenters. The number of para-hydroxylation sites is 1. The minimum atomic E-state index is -0.0710. The summed E-state index contributed by atoms with van der Waals surface area (Å²) < 4.78 is 5.63. The number of nitrogens with one attached hydrogen (secondary N) is 1. The third-order valence-electron chi connectivity index (χ3n) is 4.71. The van der Waals surface area contributed by atoms with E-state index in [-0.39, 0.29) is 17.7 Å². The molecule has 2 heterocycles. The van der Waals surface area contributed by atoms with Gasteiger partial charge < -0.3 is 10.1 Å². The molecule has 0 aliphatic carbocycles. The second kappa shape index (κ2) is 7.79. The van der Waals surface area contributed by atoms with Crippen LogP contribution in [0.25, 0.3) is 0 Å². The summed E-state index contributed by atoms with van der Waals surface area (Å²) >= 11 is 1.31. The number of carbonyl (C=O) groups excluding carboxylic acids is 1. The van der Waals surface area contributed by atoms with Gasteiger partial charge in [-0.15, -0.1) is 0 Å². The summed E-state index contributed by atoms with van der Waals surface area (Å²) in [4.78, 5) is 16.9. The number of benzene rings is 1. The highest BCUT2D eigenvalue weighted by Crippen LogP contribution is 2.32. The third-order valence-corrected chi connectivity index (χ3v) is 5.68. The SMILES string of the molecule is Cc1nc(SCC(=O)N[C@@H]2CCOc3ccccc32)c(C#N)c(C)c1C. The molecular formula is C20H21N3O2S. The molecule has 3 rings (SSSR count). The predicted molar refractivity (Wildman–Crippen MR) is 101 cm³/mol. The number of carbonyl (C=O) groups is 1. The van der Waals surface area contributed by atoms with Gasteiger partial charge in [-0.25, -0.2) is 4.98 Å². The molecule has 0 unspecified atom stereocenters. The number of nitrogens with zero attached hydrogens (tertiary/aromatic N) is 2. The smallest absolute Gasteiger partial charge is 0.230 e. The van der Waals surface area contributed by atoms with Crippen LogP contribution in [0.2, 0.25) is 0 Å². The van der Waals surface area contributed by atoms with Gasteiger partial charge in [0.1, 0.15) is 16.8 Å². The van der Waals surface area contributed by atoms with E-state index in [1.807, 2.05) is 45.0 Å². The fraction of sp³-hybridized carbons (Fsp3) is 0.350. The van der Waals surface area contributed by atoms with E-state index < -0.39 is 0 Å². The molecule has 1 amide bonds. The molecular weight excluding hydrogens is 346 g/mol. The van der Waals surface area contributed by atoms with Crippen LogP contribution in [0.4, 0.5) is 0 Å². The second-order valence-electron chi connectivity index (χ2n) is 6.32. The minimum Gasteiger partial charge on any atom is -0.493 e. The molecule has 1 aromatic heterocycles. The molecule has 26 heavy (non-hydrogen) atoms. The first-order valence-corrected chi connectivity index (χ1v) is 9.51. The summed E-state index contributed by atoms with van der Waals surface area (Å²) in [5.74, 6) is 0.983. The van der Waals surface area contributed by atoms with Crippen molar-refractivity contribution in [3.63, 3.8) is 0 Å². The van der Waals surface area contributed by atoms with Crippen molar-refractivity contribution in [3.05, 3.63) is 52.2 Å². The molecule has 1 aliphatic heterocycles. The van der Waals surface area contributed by atoms with Crippen molar-refractivity contribution in [1.82, 2.24) is 10.3 Å². The number of pyridine rings is 1. The van der Waals surface area contributed by atoms with Gasteiger partial charge in [-0.05, 0) is 38.0 Å². The van der Waals surface area contributed by atoms with Crippen LogP contribution in [0.15, 0.2) is 29.3 Å². The van der Waals surface area contributed by atoms with Crippen LogP contribution in [-0.4, -0.2) is 23.3 Å². The molecule has 0 saturated carbocycles. The van der Waals surface area contributed by atoms with E-state index in [1.165, 1.54) is 11.8 Å². The standard InChI is InChI=1S/C20H21N3O2S/c1-12-13(2)16(10-21)20(22-14(12)3)26-11-19(24)23-17-8-9-25-18-7-5-4-6-15(17)18/h4-7,17H,8-9,11H2,1-3H3,(H,23,24)/t17-/m1/s1. The highest BCUT2D eigenvalue weighted by molar-refractivity contribution is 8.00. The van der Waals surface area contributed by atoms with Crippen molar-refractivity contribution >= 4 is 17.7 Å². The summed E-state index contributed by atoms with van der Waals surface area (Å²) in [5, 5.41) is 13.1. The number of hydrogen-bond donors (Lipinski definition) is 1. The zero-order valence-electron chi connectivity index (χ0n) is 15.1. The minimum absolute atomic E-state index is 0.0436. The summed E-state index contributed by atoms with van der Waals surface area (Å²) in [6.07, 6.45) is 0.748. The maximum Gasteiger partial charge on any atom is 0.230 e. The average Bonchev–Trinajstić information content (AvgIpc) is 2.65. The summed E-state index contributed by atoms with van der Waals surface area (Å²) in [7, 11) is 0. The third kappa shape index (κ3) is 3.68. The van der Waals surface area contributed by atoms with Crippen LogP contribution in [0.1, 0.15) is 40.4 Å². The zero-order valence-corrected chi connectivity index (χ0v) is 15.9. The van der Waals surface area contributed by atoms with Gasteiger partial charge in [-0.1, -0.05) is 30.0 Å². The highest BCUT2D eigenvalue weighted by atomic mass is 32.2. The Hall–Kier alpha value is -2.52. The summed E-state index contributed by atoms with van der Waals surface area (Å²) in [6.45, 7) is 6.39. The summed E-state index contributed by atoms with van der Waals surface area (Å²) in [6, 6.07) is 9.95. The van der Waals surface area contributed by atoms with Crippen molar-refractivity contribution in [2.45, 2.75) is 38.3 Å². The fourth-order valence-electron chi connectivity index (χ4n) is 3.01. The average molecular weight is 367 g/mol. The molecule has 134 valence electrons. The zero-order chi connectivity index (χ0) is 18.7. The van der Waals surface area contributed by atoms with E-state index in [0.717, 1.165) is 34.6 Å². The van der Waals surface area contributed by atoms with Gasteiger partial charge in [-0.2, -0.15) is 5.26 Å². The number of thioether (sulfide) groups is 1. The van der Waals surface area contributed by atoms with E-state index in [4.69, 9.17) is 4.74 Å². The molecule has 0 fully saturated rings. The van der Waals surface area contributed by atoms with Gasteiger partial charge in [0.15, 0.2) is 0 Å². The van der Waals surface area contributed by atoms with Crippen molar-refractivity contribution < 1.29 is 9.53 Å². The molecule has 0 spiro atoms. The van der Waals surface area contributed by atoms with Crippen LogP contribution >= 0.6 is 11.8 Å². The number of amides is 1. The van der Waals surface area contributed by atoms with E-state index >= 15 is 0 Å². The number of nitriles is 1. The molecule has 1 aromatic carbocycles. The van der Waals surface area contributed by atoms with E-state index in [0.29, 0.717) is 17.2 Å². The van der Waals surface area contributed by atoms with Gasteiger partial charge in [-0.3, -0.25) is 4.79 Å². The molecule has 1 aliphatic rings. The van der Waals surface area contributed by atoms with Gasteiger partial charge in [0.2, 0.25) is 5.91 Å². The van der Waals surface area contributed by atoms with Crippen LogP contribution in [-0.2, 0) is 4.79 Å². The van der Waals surface area contributed by atoms with Gasteiger partial charge in [0, 0.05) is 17.7 Å².